The number of nitrogens with one attached hydrogen (secondary N) is 2. The first-order valence-corrected chi connectivity index (χ1v) is 17.7. The second-order valence-corrected chi connectivity index (χ2v) is 12.3. The third kappa shape index (κ3) is 13.8. The number of rotatable bonds is 17. The van der Waals surface area contributed by atoms with Crippen LogP contribution in [0, 0.1) is 0 Å². The van der Waals surface area contributed by atoms with Crippen molar-refractivity contribution in [2.75, 3.05) is 46.4 Å². The van der Waals surface area contributed by atoms with E-state index in [2.05, 4.69) is 57.5 Å². The number of carbonyl (C=O) groups is 1. The van der Waals surface area contributed by atoms with Gasteiger partial charge in [-0.3, -0.25) is 4.79 Å². The highest BCUT2D eigenvalue weighted by atomic mass is 35.5. The number of allylic oxidation sites excluding steroid dienone is 2. The molecule has 2 heterocycles. The van der Waals surface area contributed by atoms with Gasteiger partial charge in [-0.25, -0.2) is 4.99 Å². The molecule has 2 rings (SSSR count). The van der Waals surface area contributed by atoms with Crippen molar-refractivity contribution < 1.29 is 14.0 Å². The van der Waals surface area contributed by atoms with Crippen LogP contribution in [0.2, 0.25) is 0 Å². The number of hydrogen-bond donors (Lipinski definition) is 2. The Morgan fingerprint density at radius 3 is 2.63 bits per heavy atom. The van der Waals surface area contributed by atoms with Crippen molar-refractivity contribution in [3.8, 4) is 0 Å². The number of hydrogen-bond acceptors (Lipinski definition) is 4. The van der Waals surface area contributed by atoms with E-state index in [9.17, 15) is 4.79 Å². The van der Waals surface area contributed by atoms with E-state index in [0.717, 1.165) is 54.8 Å². The minimum Gasteiger partial charge on any atom is -0.384 e. The molecule has 0 aromatic carbocycles. The number of quaternary nitrogens is 1. The molecule has 0 saturated carbocycles. The van der Waals surface area contributed by atoms with Crippen molar-refractivity contribution in [1.82, 2.24) is 15.5 Å². The maximum atomic E-state index is 12.2. The van der Waals surface area contributed by atoms with Crippen LogP contribution >= 0.6 is 11.6 Å². The van der Waals surface area contributed by atoms with Crippen LogP contribution in [0.5, 0.6) is 0 Å². The average molecular weight is 623 g/mol. The first kappa shape index (κ1) is 39.2. The van der Waals surface area contributed by atoms with E-state index in [1.807, 2.05) is 25.7 Å². The Labute approximate surface area is 269 Å². The highest BCUT2D eigenvalue weighted by Crippen LogP contribution is 2.31. The van der Waals surface area contributed by atoms with Crippen LogP contribution in [0.15, 0.2) is 39.8 Å². The molecule has 0 bridgehead atoms. The number of likely N-dealkylation sites (N-methyl/N-ethyl adjacent to an activating group) is 1. The van der Waals surface area contributed by atoms with Gasteiger partial charge in [0.05, 0.1) is 55.7 Å². The molecule has 0 aliphatic carbocycles. The molecule has 0 aromatic rings. The SMILES string of the molecule is CC.CCC/C=C(NCCCN1CCOCCC1=O)/C(Cl)=C\N=C(C)NC1=CCC[N+](C)(C(CCC)CCCCC)C1C. The Bertz CT molecular complexity index is 916. The zero-order valence-electron chi connectivity index (χ0n) is 28.9. The van der Waals surface area contributed by atoms with Gasteiger partial charge in [0.25, 0.3) is 0 Å². The van der Waals surface area contributed by atoms with Crippen LogP contribution in [-0.2, 0) is 9.53 Å². The highest BCUT2D eigenvalue weighted by Gasteiger charge is 2.40. The summed E-state index contributed by atoms with van der Waals surface area (Å²) in [5.74, 6) is 1.03. The largest absolute Gasteiger partial charge is 0.384 e. The van der Waals surface area contributed by atoms with E-state index in [0.29, 0.717) is 43.3 Å². The molecular formula is C35H65ClN5O2+. The Hall–Kier alpha value is -1.83. The molecule has 2 aliphatic heterocycles. The van der Waals surface area contributed by atoms with Gasteiger partial charge >= 0.3 is 0 Å². The second kappa shape index (κ2) is 22.6. The lowest BCUT2D eigenvalue weighted by Crippen LogP contribution is -2.61. The molecule has 0 aromatic heterocycles. The zero-order chi connectivity index (χ0) is 32.1. The molecule has 2 aliphatic rings. The number of nitrogens with zero attached hydrogens (tertiary/aromatic N) is 3. The van der Waals surface area contributed by atoms with Crippen LogP contribution in [0.4, 0.5) is 0 Å². The predicted molar refractivity (Wildman–Crippen MR) is 185 cm³/mol. The van der Waals surface area contributed by atoms with Gasteiger partial charge in [0.1, 0.15) is 11.9 Å². The number of amidine groups is 1. The molecular weight excluding hydrogens is 558 g/mol. The van der Waals surface area contributed by atoms with Crippen LogP contribution in [0.25, 0.3) is 0 Å². The number of carbonyl (C=O) groups excluding carboxylic acids is 1. The smallest absolute Gasteiger partial charge is 0.224 e. The van der Waals surface area contributed by atoms with Crippen molar-refractivity contribution in [3.63, 3.8) is 0 Å². The van der Waals surface area contributed by atoms with Crippen molar-refractivity contribution >= 4 is 23.3 Å². The van der Waals surface area contributed by atoms with Gasteiger partial charge in [0.2, 0.25) is 5.91 Å². The van der Waals surface area contributed by atoms with Crippen molar-refractivity contribution in [2.45, 2.75) is 131 Å². The molecule has 3 unspecified atom stereocenters. The molecule has 7 nitrogen and oxygen atoms in total. The van der Waals surface area contributed by atoms with Crippen LogP contribution in [0.3, 0.4) is 0 Å². The number of unbranched alkanes of at least 4 members (excludes halogenated alkanes) is 3. The van der Waals surface area contributed by atoms with Crippen molar-refractivity contribution in [3.05, 3.63) is 34.8 Å². The molecule has 1 saturated heterocycles. The summed E-state index contributed by atoms with van der Waals surface area (Å²) in [6, 6.07) is 1.10. The zero-order valence-corrected chi connectivity index (χ0v) is 29.7. The fraction of sp³-hybridized carbons (Fsp3) is 0.771. The summed E-state index contributed by atoms with van der Waals surface area (Å²) in [6.07, 6.45) is 18.4. The number of aliphatic imine (C=N–C) groups is 1. The summed E-state index contributed by atoms with van der Waals surface area (Å²) in [5, 5.41) is 7.71. The normalized spacial score (nSPS) is 22.8. The molecule has 1 amide bonds. The van der Waals surface area contributed by atoms with Gasteiger partial charge in [-0.2, -0.15) is 0 Å². The minimum absolute atomic E-state index is 0.179. The summed E-state index contributed by atoms with van der Waals surface area (Å²) >= 11 is 6.75. The molecule has 0 radical (unpaired) electrons. The molecule has 0 spiro atoms. The van der Waals surface area contributed by atoms with Gasteiger partial charge in [-0.05, 0) is 46.0 Å². The minimum atomic E-state index is 0.179. The molecule has 8 heteroatoms. The van der Waals surface area contributed by atoms with Gasteiger partial charge in [-0.15, -0.1) is 0 Å². The summed E-state index contributed by atoms with van der Waals surface area (Å²) in [5.41, 5.74) is 2.18. The molecule has 248 valence electrons. The first-order valence-electron chi connectivity index (χ1n) is 17.3. The number of ether oxygens (including phenoxy) is 1. The molecule has 1 fully saturated rings. The standard InChI is InChI=1S/C33H59ClN5O2.C2H6/c1-7-10-12-16-29(15-9-3)39(6)23-13-18-31(27(39)4)37-28(5)36-26-30(34)32(17-11-8-2)35-20-14-21-38-22-25-41-24-19-33(38)40;1-2/h17-18,26-27,29,35H,7-16,19-25H2,1-6H3,(H,36,37);1-2H3/q+1;/b30-26+,32-17-;. The Morgan fingerprint density at radius 1 is 1.16 bits per heavy atom. The lowest BCUT2D eigenvalue weighted by Gasteiger charge is -2.49. The quantitative estimate of drug-likeness (QED) is 0.0569. The average Bonchev–Trinajstić information content (AvgIpc) is 3.22. The molecule has 2 N–H and O–H groups in total. The van der Waals surface area contributed by atoms with Crippen molar-refractivity contribution in [1.29, 1.82) is 0 Å². The predicted octanol–water partition coefficient (Wildman–Crippen LogP) is 7.89. The van der Waals surface area contributed by atoms with E-state index in [-0.39, 0.29) is 5.91 Å². The third-order valence-corrected chi connectivity index (χ3v) is 9.04. The fourth-order valence-corrected chi connectivity index (χ4v) is 6.18. The van der Waals surface area contributed by atoms with Gasteiger partial charge in [0, 0.05) is 32.3 Å². The van der Waals surface area contributed by atoms with Crippen molar-refractivity contribution in [2.24, 2.45) is 4.99 Å². The van der Waals surface area contributed by atoms with Crippen LogP contribution < -0.4 is 10.6 Å². The van der Waals surface area contributed by atoms with Gasteiger partial charge in [0.15, 0.2) is 0 Å². The molecule has 43 heavy (non-hydrogen) atoms. The highest BCUT2D eigenvalue weighted by molar-refractivity contribution is 6.31. The summed E-state index contributed by atoms with van der Waals surface area (Å²) in [7, 11) is 2.46. The third-order valence-electron chi connectivity index (χ3n) is 8.74. The van der Waals surface area contributed by atoms with Crippen LogP contribution in [0.1, 0.15) is 119 Å². The summed E-state index contributed by atoms with van der Waals surface area (Å²) < 4.78 is 6.53. The Kier molecular flexibility index (Phi) is 20.6. The fourth-order valence-electron chi connectivity index (χ4n) is 5.99. The summed E-state index contributed by atoms with van der Waals surface area (Å²) in [4.78, 5) is 18.8. The monoisotopic (exact) mass is 622 g/mol. The summed E-state index contributed by atoms with van der Waals surface area (Å²) in [6.45, 7) is 19.6. The second-order valence-electron chi connectivity index (χ2n) is 11.9. The van der Waals surface area contributed by atoms with E-state index < -0.39 is 0 Å². The van der Waals surface area contributed by atoms with Gasteiger partial charge < -0.3 is 24.8 Å². The lowest BCUT2D eigenvalue weighted by molar-refractivity contribution is -0.952. The van der Waals surface area contributed by atoms with E-state index >= 15 is 0 Å². The van der Waals surface area contributed by atoms with E-state index in [1.165, 1.54) is 50.8 Å². The number of amides is 1. The lowest BCUT2D eigenvalue weighted by atomic mass is 9.94. The van der Waals surface area contributed by atoms with Gasteiger partial charge in [-0.1, -0.05) is 84.1 Å². The topological polar surface area (TPSA) is 66.0 Å². The maximum absolute atomic E-state index is 12.2. The Morgan fingerprint density at radius 2 is 1.93 bits per heavy atom. The van der Waals surface area contributed by atoms with E-state index in [4.69, 9.17) is 21.3 Å². The number of halogens is 1. The first-order chi connectivity index (χ1) is 20.8. The molecule has 3 atom stereocenters. The van der Waals surface area contributed by atoms with Crippen LogP contribution in [-0.4, -0.2) is 79.6 Å². The maximum Gasteiger partial charge on any atom is 0.224 e. The van der Waals surface area contributed by atoms with E-state index in [1.54, 1.807) is 6.20 Å². The Balaban J connectivity index is 0.00000452.